The maximum absolute atomic E-state index is 13.0. The summed E-state index contributed by atoms with van der Waals surface area (Å²) < 4.78 is 13.0. The highest BCUT2D eigenvalue weighted by Crippen LogP contribution is 2.26. The Morgan fingerprint density at radius 2 is 1.50 bits per heavy atom. The van der Waals surface area contributed by atoms with E-state index < -0.39 is 0 Å². The van der Waals surface area contributed by atoms with E-state index in [1.807, 2.05) is 38.1 Å². The lowest BCUT2D eigenvalue weighted by atomic mass is 9.85. The van der Waals surface area contributed by atoms with E-state index in [9.17, 15) is 14.0 Å². The highest BCUT2D eigenvalue weighted by molar-refractivity contribution is 5.92. The van der Waals surface area contributed by atoms with Crippen molar-refractivity contribution in [2.75, 3.05) is 23.7 Å². The van der Waals surface area contributed by atoms with Gasteiger partial charge in [-0.25, -0.2) is 9.18 Å². The maximum atomic E-state index is 13.0. The summed E-state index contributed by atoms with van der Waals surface area (Å²) in [7, 11) is 0. The first kappa shape index (κ1) is 19.9. The molecule has 5 nitrogen and oxygen atoms in total. The van der Waals surface area contributed by atoms with Gasteiger partial charge in [-0.15, -0.1) is 0 Å². The molecule has 0 aliphatic carbocycles. The molecule has 0 radical (unpaired) electrons. The van der Waals surface area contributed by atoms with Gasteiger partial charge in [-0.2, -0.15) is 0 Å². The molecular weight excluding hydrogens is 357 g/mol. The Balaban J connectivity index is 1.48. The predicted molar refractivity (Wildman–Crippen MR) is 109 cm³/mol. The molecule has 28 heavy (non-hydrogen) atoms. The zero-order valence-corrected chi connectivity index (χ0v) is 16.2. The zero-order chi connectivity index (χ0) is 20.1. The molecule has 1 aliphatic heterocycles. The van der Waals surface area contributed by atoms with Gasteiger partial charge >= 0.3 is 6.03 Å². The van der Waals surface area contributed by atoms with Crippen LogP contribution in [0.1, 0.15) is 25.3 Å². The zero-order valence-electron chi connectivity index (χ0n) is 16.2. The van der Waals surface area contributed by atoms with Crippen molar-refractivity contribution in [3.63, 3.8) is 0 Å². The molecule has 0 aromatic heterocycles. The van der Waals surface area contributed by atoms with E-state index in [4.69, 9.17) is 0 Å². The minimum Gasteiger partial charge on any atom is -0.326 e. The second-order valence-corrected chi connectivity index (χ2v) is 7.41. The lowest BCUT2D eigenvalue weighted by Gasteiger charge is -2.34. The number of halogens is 1. The van der Waals surface area contributed by atoms with Gasteiger partial charge < -0.3 is 15.5 Å². The molecule has 148 valence electrons. The van der Waals surface area contributed by atoms with Crippen LogP contribution in [0.15, 0.2) is 48.5 Å². The number of piperidine rings is 1. The van der Waals surface area contributed by atoms with Crippen LogP contribution in [-0.2, 0) is 4.79 Å². The average molecular weight is 383 g/mol. The van der Waals surface area contributed by atoms with Crippen molar-refractivity contribution in [1.29, 1.82) is 0 Å². The number of rotatable bonds is 4. The van der Waals surface area contributed by atoms with E-state index in [1.165, 1.54) is 12.1 Å². The predicted octanol–water partition coefficient (Wildman–Crippen LogP) is 4.65. The summed E-state index contributed by atoms with van der Waals surface area (Å²) in [5, 5.41) is 5.76. The normalized spacial score (nSPS) is 15.8. The van der Waals surface area contributed by atoms with Crippen molar-refractivity contribution in [3.05, 3.63) is 59.9 Å². The van der Waals surface area contributed by atoms with E-state index in [2.05, 4.69) is 10.6 Å². The van der Waals surface area contributed by atoms with Crippen LogP contribution in [0.5, 0.6) is 0 Å². The number of aryl methyl sites for hydroxylation is 1. The molecule has 2 aromatic carbocycles. The second-order valence-electron chi connectivity index (χ2n) is 7.41. The van der Waals surface area contributed by atoms with Gasteiger partial charge in [0, 0.05) is 30.4 Å². The molecule has 1 heterocycles. The van der Waals surface area contributed by atoms with Gasteiger partial charge in [-0.1, -0.05) is 24.6 Å². The van der Waals surface area contributed by atoms with Gasteiger partial charge in [0.15, 0.2) is 0 Å². The summed E-state index contributed by atoms with van der Waals surface area (Å²) in [6, 6.07) is 13.4. The third-order valence-electron chi connectivity index (χ3n) is 5.36. The molecule has 1 fully saturated rings. The Morgan fingerprint density at radius 3 is 2.11 bits per heavy atom. The fourth-order valence-electron chi connectivity index (χ4n) is 3.45. The molecule has 0 saturated carbocycles. The number of nitrogens with one attached hydrogen (secondary N) is 2. The molecule has 1 aliphatic rings. The van der Waals surface area contributed by atoms with E-state index in [-0.39, 0.29) is 29.6 Å². The van der Waals surface area contributed by atoms with Crippen molar-refractivity contribution < 1.29 is 14.0 Å². The summed E-state index contributed by atoms with van der Waals surface area (Å²) in [4.78, 5) is 26.7. The van der Waals surface area contributed by atoms with Crippen LogP contribution in [0.25, 0.3) is 0 Å². The minimum atomic E-state index is -0.331. The molecule has 0 unspecified atom stereocenters. The minimum absolute atomic E-state index is 0.0748. The van der Waals surface area contributed by atoms with Crippen LogP contribution in [0.3, 0.4) is 0 Å². The van der Waals surface area contributed by atoms with E-state index >= 15 is 0 Å². The number of likely N-dealkylation sites (tertiary alicyclic amines) is 1. The summed E-state index contributed by atoms with van der Waals surface area (Å²) in [6.07, 6.45) is 1.55. The Kier molecular flexibility index (Phi) is 6.29. The molecule has 3 amide bonds. The maximum Gasteiger partial charge on any atom is 0.321 e. The Labute approximate surface area is 164 Å². The number of anilines is 2. The van der Waals surface area contributed by atoms with Crippen molar-refractivity contribution in [2.24, 2.45) is 11.8 Å². The van der Waals surface area contributed by atoms with Gasteiger partial charge in [-0.3, -0.25) is 4.79 Å². The van der Waals surface area contributed by atoms with Crippen molar-refractivity contribution in [1.82, 2.24) is 4.90 Å². The SMILES string of the molecule is Cc1ccc(NC(=O)N2CCC([C@@H](C)C(=O)Nc3ccc(F)cc3)CC2)cc1. The fraction of sp³-hybridized carbons (Fsp3) is 0.364. The number of hydrogen-bond acceptors (Lipinski definition) is 2. The molecule has 0 spiro atoms. The smallest absolute Gasteiger partial charge is 0.321 e. The molecule has 2 aromatic rings. The molecule has 6 heteroatoms. The number of hydrogen-bond donors (Lipinski definition) is 2. The molecule has 3 rings (SSSR count). The summed E-state index contributed by atoms with van der Waals surface area (Å²) >= 11 is 0. The number of amides is 3. The fourth-order valence-corrected chi connectivity index (χ4v) is 3.45. The van der Waals surface area contributed by atoms with Crippen LogP contribution >= 0.6 is 0 Å². The third-order valence-corrected chi connectivity index (χ3v) is 5.36. The standard InChI is InChI=1S/C22H26FN3O2/c1-15-3-7-20(8-4-15)25-22(28)26-13-11-17(12-14-26)16(2)21(27)24-19-9-5-18(23)6-10-19/h3-10,16-17H,11-14H2,1-2H3,(H,24,27)(H,25,28)/t16-/m1/s1. The van der Waals surface area contributed by atoms with Crippen molar-refractivity contribution >= 4 is 23.3 Å². The second kappa shape index (κ2) is 8.87. The van der Waals surface area contributed by atoms with Crippen LogP contribution in [0.4, 0.5) is 20.6 Å². The van der Waals surface area contributed by atoms with Gasteiger partial charge in [0.2, 0.25) is 5.91 Å². The molecule has 1 atom stereocenters. The third kappa shape index (κ3) is 5.09. The molecular formula is C22H26FN3O2. The lowest BCUT2D eigenvalue weighted by Crippen LogP contribution is -2.43. The van der Waals surface area contributed by atoms with Crippen molar-refractivity contribution in [2.45, 2.75) is 26.7 Å². The van der Waals surface area contributed by atoms with Gasteiger partial charge in [0.05, 0.1) is 0 Å². The molecule has 0 bridgehead atoms. The van der Waals surface area contributed by atoms with Crippen LogP contribution in [0.2, 0.25) is 0 Å². The topological polar surface area (TPSA) is 61.4 Å². The van der Waals surface area contributed by atoms with Crippen LogP contribution in [-0.4, -0.2) is 29.9 Å². The van der Waals surface area contributed by atoms with Crippen LogP contribution in [0, 0.1) is 24.6 Å². The highest BCUT2D eigenvalue weighted by atomic mass is 19.1. The summed E-state index contributed by atoms with van der Waals surface area (Å²) in [5.74, 6) is -0.368. The number of carbonyl (C=O) groups excluding carboxylic acids is 2. The first-order valence-corrected chi connectivity index (χ1v) is 9.61. The van der Waals surface area contributed by atoms with E-state index in [0.717, 1.165) is 24.1 Å². The lowest BCUT2D eigenvalue weighted by molar-refractivity contribution is -0.121. The number of carbonyl (C=O) groups is 2. The van der Waals surface area contributed by atoms with Gasteiger partial charge in [-0.05, 0) is 62.1 Å². The number of nitrogens with zero attached hydrogens (tertiary/aromatic N) is 1. The average Bonchev–Trinajstić information content (AvgIpc) is 2.71. The largest absolute Gasteiger partial charge is 0.326 e. The summed E-state index contributed by atoms with van der Waals surface area (Å²) in [6.45, 7) is 5.16. The number of urea groups is 1. The quantitative estimate of drug-likeness (QED) is 0.807. The Bertz CT molecular complexity index is 813. The number of benzene rings is 2. The van der Waals surface area contributed by atoms with Gasteiger partial charge in [0.25, 0.3) is 0 Å². The van der Waals surface area contributed by atoms with Crippen LogP contribution < -0.4 is 10.6 Å². The van der Waals surface area contributed by atoms with Gasteiger partial charge in [0.1, 0.15) is 5.82 Å². The van der Waals surface area contributed by atoms with E-state index in [0.29, 0.717) is 18.8 Å². The Hall–Kier alpha value is -2.89. The van der Waals surface area contributed by atoms with E-state index in [1.54, 1.807) is 17.0 Å². The first-order chi connectivity index (χ1) is 13.4. The molecule has 1 saturated heterocycles. The first-order valence-electron chi connectivity index (χ1n) is 9.61. The summed E-state index contributed by atoms with van der Waals surface area (Å²) in [5.41, 5.74) is 2.52. The molecule has 2 N–H and O–H groups in total. The monoisotopic (exact) mass is 383 g/mol. The highest BCUT2D eigenvalue weighted by Gasteiger charge is 2.29. The van der Waals surface area contributed by atoms with Crippen molar-refractivity contribution in [3.8, 4) is 0 Å². The Morgan fingerprint density at radius 1 is 0.964 bits per heavy atom.